The van der Waals surface area contributed by atoms with Crippen LogP contribution < -0.4 is 10.9 Å². The molecule has 1 amide bonds. The average Bonchev–Trinajstić information content (AvgIpc) is 3.35. The minimum atomic E-state index is -0.148. The number of nitrogens with zero attached hydrogens (tertiary/aromatic N) is 4. The Balaban J connectivity index is 1.34. The van der Waals surface area contributed by atoms with E-state index in [-0.39, 0.29) is 11.5 Å². The van der Waals surface area contributed by atoms with Gasteiger partial charge in [0, 0.05) is 67.7 Å². The number of anilines is 2. The fraction of sp³-hybridized carbons (Fsp3) is 0.240. The number of amides is 1. The predicted octanol–water partition coefficient (Wildman–Crippen LogP) is 3.21. The molecular formula is C25H26N6O2. The van der Waals surface area contributed by atoms with E-state index in [2.05, 4.69) is 27.1 Å². The number of hydrogen-bond donors (Lipinski definition) is 2. The van der Waals surface area contributed by atoms with Gasteiger partial charge in [-0.05, 0) is 49.0 Å². The van der Waals surface area contributed by atoms with Gasteiger partial charge >= 0.3 is 0 Å². The summed E-state index contributed by atoms with van der Waals surface area (Å²) in [7, 11) is 0. The van der Waals surface area contributed by atoms with Gasteiger partial charge in [-0.1, -0.05) is 6.92 Å². The first-order valence-corrected chi connectivity index (χ1v) is 11.2. The summed E-state index contributed by atoms with van der Waals surface area (Å²) < 4.78 is 1.95. The summed E-state index contributed by atoms with van der Waals surface area (Å²) in [5.74, 6) is 0.0788. The summed E-state index contributed by atoms with van der Waals surface area (Å²) in [5.41, 5.74) is 4.70. The third kappa shape index (κ3) is 4.25. The van der Waals surface area contributed by atoms with Crippen molar-refractivity contribution in [1.82, 2.24) is 24.2 Å². The molecule has 1 aliphatic heterocycles. The number of fused-ring (bicyclic) bond motifs is 1. The van der Waals surface area contributed by atoms with Crippen LogP contribution in [0.5, 0.6) is 0 Å². The SMILES string of the molecule is CCN1CCN(C(=O)c2ccc(Nc3ccc(-c4cc[nH]c(=O)c4)n4ccnc34)cc2)CC1. The van der Waals surface area contributed by atoms with Crippen LogP contribution in [0.15, 0.2) is 71.9 Å². The molecule has 2 N–H and O–H groups in total. The minimum Gasteiger partial charge on any atom is -0.352 e. The zero-order valence-electron chi connectivity index (χ0n) is 18.5. The average molecular weight is 443 g/mol. The first-order valence-electron chi connectivity index (χ1n) is 11.2. The number of rotatable bonds is 5. The lowest BCUT2D eigenvalue weighted by Gasteiger charge is -2.34. The van der Waals surface area contributed by atoms with Crippen LogP contribution in [-0.4, -0.2) is 62.8 Å². The highest BCUT2D eigenvalue weighted by Gasteiger charge is 2.21. The van der Waals surface area contributed by atoms with Crippen LogP contribution in [0.1, 0.15) is 17.3 Å². The van der Waals surface area contributed by atoms with Crippen LogP contribution in [0.4, 0.5) is 11.4 Å². The van der Waals surface area contributed by atoms with Crippen molar-refractivity contribution in [1.29, 1.82) is 0 Å². The second-order valence-electron chi connectivity index (χ2n) is 8.12. The highest BCUT2D eigenvalue weighted by molar-refractivity contribution is 5.94. The number of H-pyrrole nitrogens is 1. The van der Waals surface area contributed by atoms with E-state index in [4.69, 9.17) is 0 Å². The number of carbonyl (C=O) groups is 1. The highest BCUT2D eigenvalue weighted by atomic mass is 16.2. The normalized spacial score (nSPS) is 14.5. The molecule has 0 radical (unpaired) electrons. The molecule has 168 valence electrons. The Morgan fingerprint density at radius 2 is 1.85 bits per heavy atom. The number of aromatic nitrogens is 3. The zero-order valence-corrected chi connectivity index (χ0v) is 18.5. The topological polar surface area (TPSA) is 85.7 Å². The molecule has 33 heavy (non-hydrogen) atoms. The van der Waals surface area contributed by atoms with Gasteiger partial charge in [0.25, 0.3) is 5.91 Å². The first-order chi connectivity index (χ1) is 16.1. The van der Waals surface area contributed by atoms with Gasteiger partial charge in [0.15, 0.2) is 5.65 Å². The third-order valence-corrected chi connectivity index (χ3v) is 6.14. The minimum absolute atomic E-state index is 0.0788. The lowest BCUT2D eigenvalue weighted by Crippen LogP contribution is -2.48. The van der Waals surface area contributed by atoms with Gasteiger partial charge in [0.05, 0.1) is 11.4 Å². The molecule has 3 aromatic heterocycles. The van der Waals surface area contributed by atoms with Crippen molar-refractivity contribution in [2.75, 3.05) is 38.0 Å². The molecule has 4 heterocycles. The maximum Gasteiger partial charge on any atom is 0.253 e. The van der Waals surface area contributed by atoms with E-state index >= 15 is 0 Å². The summed E-state index contributed by atoms with van der Waals surface area (Å²) in [6.45, 7) is 6.56. The van der Waals surface area contributed by atoms with E-state index in [1.165, 1.54) is 0 Å². The second kappa shape index (κ2) is 8.91. The fourth-order valence-electron chi connectivity index (χ4n) is 4.25. The van der Waals surface area contributed by atoms with Crippen molar-refractivity contribution < 1.29 is 4.79 Å². The van der Waals surface area contributed by atoms with Gasteiger partial charge in [0.2, 0.25) is 5.56 Å². The summed E-state index contributed by atoms with van der Waals surface area (Å²) in [4.78, 5) is 36.0. The van der Waals surface area contributed by atoms with Crippen LogP contribution in [0, 0.1) is 0 Å². The van der Waals surface area contributed by atoms with Crippen LogP contribution >= 0.6 is 0 Å². The summed E-state index contributed by atoms with van der Waals surface area (Å²) >= 11 is 0. The molecule has 0 saturated carbocycles. The van der Waals surface area contributed by atoms with Crippen molar-refractivity contribution in [2.24, 2.45) is 0 Å². The van der Waals surface area contributed by atoms with Gasteiger partial charge in [-0.2, -0.15) is 0 Å². The predicted molar refractivity (Wildman–Crippen MR) is 129 cm³/mol. The van der Waals surface area contributed by atoms with Crippen molar-refractivity contribution in [2.45, 2.75) is 6.92 Å². The van der Waals surface area contributed by atoms with Crippen LogP contribution in [0.2, 0.25) is 0 Å². The standard InChI is InChI=1S/C25H26N6O2/c1-2-29-13-15-30(16-14-29)25(33)18-3-5-20(6-4-18)28-21-7-8-22(31-12-11-27-24(21)31)19-9-10-26-23(32)17-19/h3-12,17,28H,2,13-16H2,1H3,(H,26,32). The maximum absolute atomic E-state index is 12.8. The first kappa shape index (κ1) is 21.0. The summed E-state index contributed by atoms with van der Waals surface area (Å²) in [5, 5.41) is 3.40. The number of imidazole rings is 1. The Morgan fingerprint density at radius 3 is 2.58 bits per heavy atom. The second-order valence-corrected chi connectivity index (χ2v) is 8.12. The van der Waals surface area contributed by atoms with Crippen molar-refractivity contribution in [3.05, 3.63) is 83.0 Å². The van der Waals surface area contributed by atoms with Gasteiger partial charge in [-0.25, -0.2) is 4.98 Å². The van der Waals surface area contributed by atoms with E-state index < -0.39 is 0 Å². The third-order valence-electron chi connectivity index (χ3n) is 6.14. The summed E-state index contributed by atoms with van der Waals surface area (Å²) in [6.07, 6.45) is 5.24. The quantitative estimate of drug-likeness (QED) is 0.496. The number of nitrogens with one attached hydrogen (secondary N) is 2. The van der Waals surface area contributed by atoms with E-state index in [1.54, 1.807) is 18.5 Å². The Hall–Kier alpha value is -3.91. The Morgan fingerprint density at radius 1 is 1.06 bits per heavy atom. The molecule has 0 spiro atoms. The number of benzene rings is 1. The molecule has 1 fully saturated rings. The molecule has 1 aromatic carbocycles. The maximum atomic E-state index is 12.8. The molecule has 0 unspecified atom stereocenters. The summed E-state index contributed by atoms with van der Waals surface area (Å²) in [6, 6.07) is 14.9. The number of piperazine rings is 1. The van der Waals surface area contributed by atoms with Crippen LogP contribution in [-0.2, 0) is 0 Å². The molecule has 1 saturated heterocycles. The zero-order chi connectivity index (χ0) is 22.8. The lowest BCUT2D eigenvalue weighted by molar-refractivity contribution is 0.0643. The van der Waals surface area contributed by atoms with Gasteiger partial charge < -0.3 is 20.1 Å². The van der Waals surface area contributed by atoms with E-state index in [0.717, 1.165) is 61.0 Å². The molecular weight excluding hydrogens is 416 g/mol. The molecule has 0 bridgehead atoms. The molecule has 5 rings (SSSR count). The monoisotopic (exact) mass is 442 g/mol. The smallest absolute Gasteiger partial charge is 0.253 e. The molecule has 8 nitrogen and oxygen atoms in total. The Kier molecular flexibility index (Phi) is 5.66. The number of carbonyl (C=O) groups excluding carboxylic acids is 1. The van der Waals surface area contributed by atoms with Gasteiger partial charge in [-0.15, -0.1) is 0 Å². The molecule has 8 heteroatoms. The molecule has 1 aliphatic rings. The van der Waals surface area contributed by atoms with E-state index in [9.17, 15) is 9.59 Å². The van der Waals surface area contributed by atoms with Crippen molar-refractivity contribution >= 4 is 22.9 Å². The molecule has 4 aromatic rings. The van der Waals surface area contributed by atoms with Crippen molar-refractivity contribution in [3.63, 3.8) is 0 Å². The number of likely N-dealkylation sites (N-methyl/N-ethyl adjacent to an activating group) is 1. The number of hydrogen-bond acceptors (Lipinski definition) is 5. The molecule has 0 atom stereocenters. The number of aromatic amines is 1. The van der Waals surface area contributed by atoms with E-state index in [1.807, 2.05) is 58.0 Å². The van der Waals surface area contributed by atoms with Crippen LogP contribution in [0.25, 0.3) is 16.9 Å². The van der Waals surface area contributed by atoms with E-state index in [0.29, 0.717) is 5.56 Å². The lowest BCUT2D eigenvalue weighted by atomic mass is 10.1. The number of pyridine rings is 2. The fourth-order valence-corrected chi connectivity index (χ4v) is 4.25. The van der Waals surface area contributed by atoms with Gasteiger partial charge in [-0.3, -0.25) is 14.0 Å². The Labute approximate surface area is 191 Å². The van der Waals surface area contributed by atoms with Crippen LogP contribution in [0.3, 0.4) is 0 Å². The van der Waals surface area contributed by atoms with Gasteiger partial charge in [0.1, 0.15) is 0 Å². The largest absolute Gasteiger partial charge is 0.352 e. The Bertz CT molecular complexity index is 1330. The van der Waals surface area contributed by atoms with Crippen molar-refractivity contribution in [3.8, 4) is 11.3 Å². The highest BCUT2D eigenvalue weighted by Crippen LogP contribution is 2.27. The molecule has 0 aliphatic carbocycles.